The summed E-state index contributed by atoms with van der Waals surface area (Å²) in [6, 6.07) is 3.84. The molecule has 32 heavy (non-hydrogen) atoms. The zero-order valence-electron chi connectivity index (χ0n) is 17.9. The van der Waals surface area contributed by atoms with Crippen LogP contribution in [-0.4, -0.2) is 39.6 Å². The molecule has 1 unspecified atom stereocenters. The fourth-order valence-electron chi connectivity index (χ4n) is 2.94. The Bertz CT molecular complexity index is 915. The van der Waals surface area contributed by atoms with Crippen molar-refractivity contribution in [1.29, 1.82) is 0 Å². The van der Waals surface area contributed by atoms with Crippen LogP contribution in [0.5, 0.6) is 0 Å². The highest BCUT2D eigenvalue weighted by molar-refractivity contribution is 5.99. The largest absolute Gasteiger partial charge is 0.462 e. The molecule has 1 aromatic carbocycles. The number of aliphatic hydroxyl groups excluding tert-OH is 1. The predicted molar refractivity (Wildman–Crippen MR) is 111 cm³/mol. The van der Waals surface area contributed by atoms with Gasteiger partial charge in [-0.15, -0.1) is 0 Å². The number of nitrogens with zero attached hydrogens (tertiary/aromatic N) is 2. The third-order valence-electron chi connectivity index (χ3n) is 4.55. The average molecular weight is 456 g/mol. The molecule has 0 aliphatic carbocycles. The molecule has 0 bridgehead atoms. The number of unbranched alkanes of at least 4 members (excludes halogenated alkanes) is 1. The second kappa shape index (κ2) is 11.5. The van der Waals surface area contributed by atoms with Crippen LogP contribution in [0.3, 0.4) is 0 Å². The van der Waals surface area contributed by atoms with Crippen LogP contribution in [-0.2, 0) is 24.0 Å². The second-order valence-corrected chi connectivity index (χ2v) is 7.11. The van der Waals surface area contributed by atoms with Crippen LogP contribution < -0.4 is 10.6 Å². The minimum atomic E-state index is -4.49. The Morgan fingerprint density at radius 1 is 1.28 bits per heavy atom. The number of anilines is 1. The SMILES string of the molecule is CCCCC(O)Cn1ncc(C(=O)OCC)c1NC(=O)NCc1cccc(C(F)(F)F)c1. The summed E-state index contributed by atoms with van der Waals surface area (Å²) in [7, 11) is 0. The van der Waals surface area contributed by atoms with E-state index in [4.69, 9.17) is 4.74 Å². The summed E-state index contributed by atoms with van der Waals surface area (Å²) in [4.78, 5) is 24.6. The summed E-state index contributed by atoms with van der Waals surface area (Å²) in [5, 5.41) is 19.2. The van der Waals surface area contributed by atoms with Crippen LogP contribution in [0.2, 0.25) is 0 Å². The Kier molecular flexibility index (Phi) is 9.06. The molecule has 2 rings (SSSR count). The zero-order valence-corrected chi connectivity index (χ0v) is 17.9. The van der Waals surface area contributed by atoms with Gasteiger partial charge < -0.3 is 15.2 Å². The number of hydrogen-bond donors (Lipinski definition) is 3. The first-order chi connectivity index (χ1) is 15.2. The van der Waals surface area contributed by atoms with Gasteiger partial charge in [0.2, 0.25) is 0 Å². The molecule has 176 valence electrons. The molecule has 3 N–H and O–H groups in total. The lowest BCUT2D eigenvalue weighted by Crippen LogP contribution is -2.31. The maximum absolute atomic E-state index is 12.9. The van der Waals surface area contributed by atoms with Gasteiger partial charge in [-0.05, 0) is 31.0 Å². The van der Waals surface area contributed by atoms with E-state index in [1.54, 1.807) is 6.92 Å². The van der Waals surface area contributed by atoms with Gasteiger partial charge in [0.05, 0.1) is 31.0 Å². The number of urea groups is 1. The van der Waals surface area contributed by atoms with E-state index in [-0.39, 0.29) is 36.6 Å². The van der Waals surface area contributed by atoms with Crippen molar-refractivity contribution in [2.45, 2.75) is 58.5 Å². The van der Waals surface area contributed by atoms with Crippen LogP contribution in [0.1, 0.15) is 54.6 Å². The number of benzene rings is 1. The topological polar surface area (TPSA) is 105 Å². The van der Waals surface area contributed by atoms with Gasteiger partial charge in [-0.25, -0.2) is 14.3 Å². The van der Waals surface area contributed by atoms with Gasteiger partial charge in [-0.3, -0.25) is 5.32 Å². The summed E-state index contributed by atoms with van der Waals surface area (Å²) >= 11 is 0. The first-order valence-corrected chi connectivity index (χ1v) is 10.3. The number of rotatable bonds is 10. The number of carbonyl (C=O) groups is 2. The number of aromatic nitrogens is 2. The van der Waals surface area contributed by atoms with Crippen molar-refractivity contribution in [2.24, 2.45) is 0 Å². The Morgan fingerprint density at radius 3 is 2.69 bits per heavy atom. The lowest BCUT2D eigenvalue weighted by Gasteiger charge is -2.15. The summed E-state index contributed by atoms with van der Waals surface area (Å²) in [5.41, 5.74) is -0.561. The van der Waals surface area contributed by atoms with Gasteiger partial charge in [0, 0.05) is 6.54 Å². The van der Waals surface area contributed by atoms with Crippen LogP contribution >= 0.6 is 0 Å². The van der Waals surface area contributed by atoms with Crippen LogP contribution in [0.15, 0.2) is 30.5 Å². The van der Waals surface area contributed by atoms with E-state index in [0.717, 1.165) is 25.0 Å². The molecular formula is C21H27F3N4O4. The standard InChI is InChI=1S/C21H27F3N4O4/c1-3-5-9-16(29)13-28-18(17(12-26-28)19(30)32-4-2)27-20(31)25-11-14-7-6-8-15(10-14)21(22,23)24/h6-8,10,12,16,29H,3-5,9,11,13H2,1-2H3,(H2,25,27,31). The molecule has 0 aliphatic rings. The Labute approximate surface area is 183 Å². The molecule has 0 fully saturated rings. The van der Waals surface area contributed by atoms with E-state index >= 15 is 0 Å². The quantitative estimate of drug-likeness (QED) is 0.470. The Hall–Kier alpha value is -3.08. The predicted octanol–water partition coefficient (Wildman–Crippen LogP) is 3.95. The van der Waals surface area contributed by atoms with Gasteiger partial charge in [-0.1, -0.05) is 31.9 Å². The van der Waals surface area contributed by atoms with Gasteiger partial charge in [0.1, 0.15) is 11.4 Å². The second-order valence-electron chi connectivity index (χ2n) is 7.11. The molecule has 1 atom stereocenters. The fraction of sp³-hybridized carbons (Fsp3) is 0.476. The minimum absolute atomic E-state index is 0.00348. The molecule has 0 spiro atoms. The third-order valence-corrected chi connectivity index (χ3v) is 4.55. The number of alkyl halides is 3. The first-order valence-electron chi connectivity index (χ1n) is 10.3. The van der Waals surface area contributed by atoms with Crippen molar-refractivity contribution in [3.05, 3.63) is 47.2 Å². The van der Waals surface area contributed by atoms with Crippen molar-refractivity contribution >= 4 is 17.8 Å². The molecule has 0 saturated heterocycles. The maximum atomic E-state index is 12.9. The number of esters is 1. The monoisotopic (exact) mass is 456 g/mol. The van der Waals surface area contributed by atoms with Crippen LogP contribution in [0.25, 0.3) is 0 Å². The Balaban J connectivity index is 2.12. The molecule has 2 amide bonds. The van der Waals surface area contributed by atoms with Gasteiger partial charge in [0.25, 0.3) is 0 Å². The molecule has 8 nitrogen and oxygen atoms in total. The number of aliphatic hydroxyl groups is 1. The molecule has 0 aliphatic heterocycles. The van der Waals surface area contributed by atoms with E-state index in [0.29, 0.717) is 6.42 Å². The van der Waals surface area contributed by atoms with Crippen molar-refractivity contribution in [3.8, 4) is 0 Å². The van der Waals surface area contributed by atoms with Crippen molar-refractivity contribution < 1.29 is 32.6 Å². The lowest BCUT2D eigenvalue weighted by atomic mass is 10.1. The summed E-state index contributed by atoms with van der Waals surface area (Å²) in [6.07, 6.45) is -1.78. The maximum Gasteiger partial charge on any atom is 0.416 e. The highest BCUT2D eigenvalue weighted by atomic mass is 19.4. The van der Waals surface area contributed by atoms with E-state index in [9.17, 15) is 27.9 Å². The van der Waals surface area contributed by atoms with Gasteiger partial charge >= 0.3 is 18.2 Å². The molecule has 0 radical (unpaired) electrons. The number of hydrogen-bond acceptors (Lipinski definition) is 5. The van der Waals surface area contributed by atoms with Crippen molar-refractivity contribution in [2.75, 3.05) is 11.9 Å². The van der Waals surface area contributed by atoms with E-state index in [1.165, 1.54) is 23.0 Å². The van der Waals surface area contributed by atoms with Crippen molar-refractivity contribution in [1.82, 2.24) is 15.1 Å². The number of ether oxygens (including phenoxy) is 1. The van der Waals surface area contributed by atoms with Crippen LogP contribution in [0.4, 0.5) is 23.8 Å². The minimum Gasteiger partial charge on any atom is -0.462 e. The molecule has 2 aromatic rings. The highest BCUT2D eigenvalue weighted by Gasteiger charge is 2.30. The fourth-order valence-corrected chi connectivity index (χ4v) is 2.94. The zero-order chi connectivity index (χ0) is 23.7. The summed E-state index contributed by atoms with van der Waals surface area (Å²) < 4.78 is 44.8. The van der Waals surface area contributed by atoms with Gasteiger partial charge in [0.15, 0.2) is 0 Å². The molecule has 1 heterocycles. The molecular weight excluding hydrogens is 429 g/mol. The molecule has 1 aromatic heterocycles. The van der Waals surface area contributed by atoms with Crippen LogP contribution in [0, 0.1) is 0 Å². The number of halogens is 3. The third kappa shape index (κ3) is 7.26. The highest BCUT2D eigenvalue weighted by Crippen LogP contribution is 2.29. The van der Waals surface area contributed by atoms with E-state index in [2.05, 4.69) is 15.7 Å². The number of nitrogens with one attached hydrogen (secondary N) is 2. The van der Waals surface area contributed by atoms with E-state index in [1.807, 2.05) is 6.92 Å². The average Bonchev–Trinajstić information content (AvgIpc) is 3.12. The lowest BCUT2D eigenvalue weighted by molar-refractivity contribution is -0.137. The smallest absolute Gasteiger partial charge is 0.416 e. The molecule has 11 heteroatoms. The van der Waals surface area contributed by atoms with Crippen molar-refractivity contribution in [3.63, 3.8) is 0 Å². The summed E-state index contributed by atoms with van der Waals surface area (Å²) in [6.45, 7) is 3.61. The molecule has 0 saturated carbocycles. The van der Waals surface area contributed by atoms with E-state index < -0.39 is 29.8 Å². The summed E-state index contributed by atoms with van der Waals surface area (Å²) in [5.74, 6) is -0.671. The number of carbonyl (C=O) groups excluding carboxylic acids is 2. The first kappa shape index (κ1) is 25.2. The number of amides is 2. The van der Waals surface area contributed by atoms with Gasteiger partial charge in [-0.2, -0.15) is 18.3 Å². The normalized spacial score (nSPS) is 12.3. The Morgan fingerprint density at radius 2 is 2.03 bits per heavy atom.